The largest absolute Gasteiger partial charge is 0.497 e. The average molecular weight is 316 g/mol. The van der Waals surface area contributed by atoms with Crippen molar-refractivity contribution in [2.45, 2.75) is 6.54 Å². The van der Waals surface area contributed by atoms with E-state index >= 15 is 0 Å². The van der Waals surface area contributed by atoms with E-state index in [1.807, 2.05) is 42.5 Å². The van der Waals surface area contributed by atoms with Gasteiger partial charge in [-0.05, 0) is 24.3 Å². The third-order valence-corrected chi connectivity index (χ3v) is 3.41. The summed E-state index contributed by atoms with van der Waals surface area (Å²) in [5.74, 6) is 1.68. The molecule has 0 radical (unpaired) electrons. The van der Waals surface area contributed by atoms with E-state index in [1.54, 1.807) is 13.2 Å². The first-order valence-electron chi connectivity index (χ1n) is 6.71. The molecule has 6 heteroatoms. The zero-order valence-electron chi connectivity index (χ0n) is 11.9. The Kier molecular flexibility index (Phi) is 4.25. The molecule has 1 aromatic heterocycles. The molecule has 0 spiro atoms. The SMILES string of the molecule is COc1cccc(NCc2nnc(-c3ccccc3Cl)o2)c1. The van der Waals surface area contributed by atoms with Crippen LogP contribution in [0.15, 0.2) is 52.9 Å². The van der Waals surface area contributed by atoms with Gasteiger partial charge in [0.1, 0.15) is 5.75 Å². The highest BCUT2D eigenvalue weighted by Gasteiger charge is 2.11. The molecule has 22 heavy (non-hydrogen) atoms. The summed E-state index contributed by atoms with van der Waals surface area (Å²) < 4.78 is 10.8. The van der Waals surface area contributed by atoms with Crippen molar-refractivity contribution in [3.05, 3.63) is 59.4 Å². The first-order valence-corrected chi connectivity index (χ1v) is 7.09. The van der Waals surface area contributed by atoms with Crippen LogP contribution in [-0.2, 0) is 6.54 Å². The summed E-state index contributed by atoms with van der Waals surface area (Å²) in [4.78, 5) is 0. The normalized spacial score (nSPS) is 10.5. The molecular weight excluding hydrogens is 302 g/mol. The number of halogens is 1. The van der Waals surface area contributed by atoms with E-state index in [1.165, 1.54) is 0 Å². The van der Waals surface area contributed by atoms with E-state index in [9.17, 15) is 0 Å². The molecule has 0 aliphatic rings. The highest BCUT2D eigenvalue weighted by atomic mass is 35.5. The van der Waals surface area contributed by atoms with E-state index < -0.39 is 0 Å². The Morgan fingerprint density at radius 2 is 2.00 bits per heavy atom. The third-order valence-electron chi connectivity index (χ3n) is 3.08. The lowest BCUT2D eigenvalue weighted by Crippen LogP contribution is -1.99. The molecule has 2 aromatic carbocycles. The summed E-state index contributed by atoms with van der Waals surface area (Å²) in [6.07, 6.45) is 0. The second kappa shape index (κ2) is 6.49. The van der Waals surface area contributed by atoms with Crippen LogP contribution in [0, 0.1) is 0 Å². The number of ether oxygens (including phenoxy) is 1. The Labute approximate surface area is 132 Å². The zero-order chi connectivity index (χ0) is 15.4. The minimum Gasteiger partial charge on any atom is -0.497 e. The molecule has 0 aliphatic carbocycles. The van der Waals surface area contributed by atoms with Gasteiger partial charge >= 0.3 is 0 Å². The molecule has 1 heterocycles. The molecule has 0 saturated carbocycles. The van der Waals surface area contributed by atoms with Crippen LogP contribution in [0.25, 0.3) is 11.5 Å². The first kappa shape index (κ1) is 14.4. The predicted molar refractivity (Wildman–Crippen MR) is 85.1 cm³/mol. The lowest BCUT2D eigenvalue weighted by Gasteiger charge is -2.05. The number of nitrogens with zero attached hydrogens (tertiary/aromatic N) is 2. The van der Waals surface area contributed by atoms with Crippen molar-refractivity contribution in [1.82, 2.24) is 10.2 Å². The summed E-state index contributed by atoms with van der Waals surface area (Å²) in [7, 11) is 1.63. The summed E-state index contributed by atoms with van der Waals surface area (Å²) in [6.45, 7) is 0.421. The maximum absolute atomic E-state index is 6.12. The smallest absolute Gasteiger partial charge is 0.249 e. The van der Waals surface area contributed by atoms with Crippen LogP contribution in [0.5, 0.6) is 5.75 Å². The van der Waals surface area contributed by atoms with Gasteiger partial charge in [0.15, 0.2) is 0 Å². The van der Waals surface area contributed by atoms with Gasteiger partial charge in [0, 0.05) is 11.8 Å². The summed E-state index contributed by atoms with van der Waals surface area (Å²) in [5.41, 5.74) is 1.64. The summed E-state index contributed by atoms with van der Waals surface area (Å²) in [5, 5.41) is 11.8. The monoisotopic (exact) mass is 315 g/mol. The molecule has 5 nitrogen and oxygen atoms in total. The fourth-order valence-electron chi connectivity index (χ4n) is 1.98. The Morgan fingerprint density at radius 3 is 2.82 bits per heavy atom. The number of methoxy groups -OCH3 is 1. The molecule has 0 aliphatic heterocycles. The molecule has 3 rings (SSSR count). The van der Waals surface area contributed by atoms with Gasteiger partial charge in [-0.25, -0.2) is 0 Å². The molecule has 0 saturated heterocycles. The lowest BCUT2D eigenvalue weighted by molar-refractivity contribution is 0.415. The van der Waals surface area contributed by atoms with E-state index in [0.717, 1.165) is 17.0 Å². The molecule has 0 atom stereocenters. The van der Waals surface area contributed by atoms with Crippen molar-refractivity contribution < 1.29 is 9.15 Å². The van der Waals surface area contributed by atoms with Crippen LogP contribution in [0.2, 0.25) is 5.02 Å². The van der Waals surface area contributed by atoms with Gasteiger partial charge in [0.05, 0.1) is 24.2 Å². The van der Waals surface area contributed by atoms with Crippen molar-refractivity contribution in [1.29, 1.82) is 0 Å². The molecule has 0 unspecified atom stereocenters. The topological polar surface area (TPSA) is 60.2 Å². The van der Waals surface area contributed by atoms with Gasteiger partial charge in [0.2, 0.25) is 11.8 Å². The van der Waals surface area contributed by atoms with Crippen LogP contribution >= 0.6 is 11.6 Å². The van der Waals surface area contributed by atoms with Gasteiger partial charge in [-0.15, -0.1) is 10.2 Å². The standard InChI is InChI=1S/C16H14ClN3O2/c1-21-12-6-4-5-11(9-12)18-10-15-19-20-16(22-15)13-7-2-3-8-14(13)17/h2-9,18H,10H2,1H3. The highest BCUT2D eigenvalue weighted by Crippen LogP contribution is 2.26. The highest BCUT2D eigenvalue weighted by molar-refractivity contribution is 6.33. The van der Waals surface area contributed by atoms with Crippen molar-refractivity contribution >= 4 is 17.3 Å². The quantitative estimate of drug-likeness (QED) is 0.770. The summed E-state index contributed by atoms with van der Waals surface area (Å²) >= 11 is 6.12. The van der Waals surface area contributed by atoms with Gasteiger partial charge in [-0.1, -0.05) is 29.8 Å². The summed E-state index contributed by atoms with van der Waals surface area (Å²) in [6, 6.07) is 15.0. The maximum Gasteiger partial charge on any atom is 0.249 e. The van der Waals surface area contributed by atoms with Crippen molar-refractivity contribution in [3.63, 3.8) is 0 Å². The van der Waals surface area contributed by atoms with Gasteiger partial charge in [-0.3, -0.25) is 0 Å². The minimum absolute atomic E-state index is 0.410. The van der Waals surface area contributed by atoms with Crippen LogP contribution in [0.1, 0.15) is 5.89 Å². The number of benzene rings is 2. The van der Waals surface area contributed by atoms with Crippen molar-refractivity contribution in [2.24, 2.45) is 0 Å². The number of rotatable bonds is 5. The number of hydrogen-bond acceptors (Lipinski definition) is 5. The molecule has 3 aromatic rings. The van der Waals surface area contributed by atoms with Crippen LogP contribution in [0.3, 0.4) is 0 Å². The van der Waals surface area contributed by atoms with E-state index in [4.69, 9.17) is 20.8 Å². The molecule has 0 bridgehead atoms. The van der Waals surface area contributed by atoms with Crippen LogP contribution < -0.4 is 10.1 Å². The Morgan fingerprint density at radius 1 is 1.14 bits per heavy atom. The Balaban J connectivity index is 1.71. The Hall–Kier alpha value is -2.53. The Bertz CT molecular complexity index is 773. The van der Waals surface area contributed by atoms with Crippen LogP contribution in [0.4, 0.5) is 5.69 Å². The third kappa shape index (κ3) is 3.20. The molecule has 1 N–H and O–H groups in total. The predicted octanol–water partition coefficient (Wildman–Crippen LogP) is 4.01. The van der Waals surface area contributed by atoms with E-state index in [0.29, 0.717) is 23.3 Å². The van der Waals surface area contributed by atoms with E-state index in [2.05, 4.69) is 15.5 Å². The van der Waals surface area contributed by atoms with E-state index in [-0.39, 0.29) is 0 Å². The van der Waals surface area contributed by atoms with Gasteiger partial charge in [0.25, 0.3) is 0 Å². The lowest BCUT2D eigenvalue weighted by atomic mass is 10.2. The van der Waals surface area contributed by atoms with Crippen molar-refractivity contribution in [3.8, 4) is 17.2 Å². The van der Waals surface area contributed by atoms with Crippen LogP contribution in [-0.4, -0.2) is 17.3 Å². The second-order valence-electron chi connectivity index (χ2n) is 4.57. The average Bonchev–Trinajstić information content (AvgIpc) is 3.02. The maximum atomic E-state index is 6.12. The fraction of sp³-hybridized carbons (Fsp3) is 0.125. The zero-order valence-corrected chi connectivity index (χ0v) is 12.7. The number of hydrogen-bond donors (Lipinski definition) is 1. The molecule has 0 amide bonds. The molecule has 0 fully saturated rings. The number of nitrogens with one attached hydrogen (secondary N) is 1. The molecular formula is C16H14ClN3O2. The first-order chi connectivity index (χ1) is 10.8. The van der Waals surface area contributed by atoms with Gasteiger partial charge < -0.3 is 14.5 Å². The fourth-order valence-corrected chi connectivity index (χ4v) is 2.20. The second-order valence-corrected chi connectivity index (χ2v) is 4.97. The van der Waals surface area contributed by atoms with Crippen molar-refractivity contribution in [2.75, 3.05) is 12.4 Å². The minimum atomic E-state index is 0.410. The van der Waals surface area contributed by atoms with Gasteiger partial charge in [-0.2, -0.15) is 0 Å². The number of aromatic nitrogens is 2. The molecule has 112 valence electrons. The number of anilines is 1.